The highest BCUT2D eigenvalue weighted by Gasteiger charge is 2.83. The van der Waals surface area contributed by atoms with Crippen molar-refractivity contribution in [3.8, 4) is 0 Å². The first-order valence-corrected chi connectivity index (χ1v) is 11.6. The highest BCUT2D eigenvalue weighted by atomic mass is 16.5. The Balaban J connectivity index is 1.57. The van der Waals surface area contributed by atoms with Crippen molar-refractivity contribution in [2.75, 3.05) is 25.1 Å². The predicted molar refractivity (Wildman–Crippen MR) is 112 cm³/mol. The molecule has 6 heteroatoms. The zero-order chi connectivity index (χ0) is 21.0. The lowest BCUT2D eigenvalue weighted by Gasteiger charge is -2.67. The lowest BCUT2D eigenvalue weighted by Crippen LogP contribution is -2.83. The summed E-state index contributed by atoms with van der Waals surface area (Å²) in [5.41, 5.74) is 2.17. The van der Waals surface area contributed by atoms with Crippen LogP contribution in [-0.4, -0.2) is 71.3 Å². The summed E-state index contributed by atoms with van der Waals surface area (Å²) in [5, 5.41) is 23.7. The topological polar surface area (TPSA) is 70.0 Å². The van der Waals surface area contributed by atoms with E-state index in [9.17, 15) is 15.0 Å². The third-order valence-corrected chi connectivity index (χ3v) is 9.83. The van der Waals surface area contributed by atoms with Crippen LogP contribution in [0.2, 0.25) is 0 Å². The number of aliphatic hydroxyl groups excluding tert-OH is 2. The van der Waals surface area contributed by atoms with E-state index >= 15 is 0 Å². The minimum atomic E-state index is -0.565. The van der Waals surface area contributed by atoms with Gasteiger partial charge in [0.2, 0.25) is 0 Å². The Labute approximate surface area is 178 Å². The molecule has 162 valence electrons. The third kappa shape index (κ3) is 1.83. The molecule has 1 saturated carbocycles. The Morgan fingerprint density at radius 2 is 2.03 bits per heavy atom. The van der Waals surface area contributed by atoms with Gasteiger partial charge in [-0.2, -0.15) is 0 Å². The molecule has 6 nitrogen and oxygen atoms in total. The lowest BCUT2D eigenvalue weighted by atomic mass is 9.60. The summed E-state index contributed by atoms with van der Waals surface area (Å²) in [6, 6.07) is 8.84. The summed E-state index contributed by atoms with van der Waals surface area (Å²) < 4.78 is 5.81. The number of nitrogens with zero attached hydrogens (tertiary/aromatic N) is 2. The van der Waals surface area contributed by atoms with Crippen LogP contribution in [-0.2, 0) is 14.9 Å². The van der Waals surface area contributed by atoms with Gasteiger partial charge in [-0.15, -0.1) is 0 Å². The Morgan fingerprint density at radius 3 is 2.77 bits per heavy atom. The molecule has 5 unspecified atom stereocenters. The molecule has 5 bridgehead atoms. The normalized spacial score (nSPS) is 49.3. The number of esters is 1. The lowest BCUT2D eigenvalue weighted by molar-refractivity contribution is -1.03. The van der Waals surface area contributed by atoms with Gasteiger partial charge >= 0.3 is 5.97 Å². The van der Waals surface area contributed by atoms with Gasteiger partial charge in [-0.05, 0) is 30.9 Å². The molecule has 1 spiro atoms. The molecule has 0 aromatic heterocycles. The molecule has 6 aliphatic rings. The number of quaternary nitrogens is 1. The molecule has 4 saturated heterocycles. The fraction of sp³-hybridized carbons (Fsp3) is 0.708. The smallest absolute Gasteiger partial charge is 0.361 e. The fourth-order valence-corrected chi connectivity index (χ4v) is 9.13. The van der Waals surface area contributed by atoms with Gasteiger partial charge in [0.15, 0.2) is 12.8 Å². The van der Waals surface area contributed by atoms with Gasteiger partial charge in [-0.1, -0.05) is 25.1 Å². The number of carbonyl (C=O) groups is 1. The van der Waals surface area contributed by atoms with E-state index in [0.717, 1.165) is 19.3 Å². The number of para-hydroxylation sites is 1. The molecule has 5 aliphatic heterocycles. The maximum Gasteiger partial charge on any atom is 0.361 e. The number of piperidine rings is 4. The summed E-state index contributed by atoms with van der Waals surface area (Å²) >= 11 is 0. The van der Waals surface area contributed by atoms with Gasteiger partial charge in [0.25, 0.3) is 0 Å². The number of likely N-dealkylation sites (N-methyl/N-ethyl adjacent to an activating group) is 1. The van der Waals surface area contributed by atoms with Crippen molar-refractivity contribution in [1.82, 2.24) is 0 Å². The van der Waals surface area contributed by atoms with Crippen molar-refractivity contribution in [1.29, 1.82) is 0 Å². The summed E-state index contributed by atoms with van der Waals surface area (Å²) in [6.45, 7) is 4.55. The zero-order valence-electron chi connectivity index (χ0n) is 18.1. The number of ether oxygens (including phenoxy) is 1. The molecule has 2 N–H and O–H groups in total. The largest absolute Gasteiger partial charge is 0.462 e. The van der Waals surface area contributed by atoms with E-state index in [-0.39, 0.29) is 47.9 Å². The van der Waals surface area contributed by atoms with Crippen LogP contribution >= 0.6 is 0 Å². The van der Waals surface area contributed by atoms with Crippen molar-refractivity contribution in [3.63, 3.8) is 0 Å². The number of hydrogen-bond acceptors (Lipinski definition) is 5. The fourth-order valence-electron chi connectivity index (χ4n) is 9.13. The Morgan fingerprint density at radius 1 is 1.27 bits per heavy atom. The van der Waals surface area contributed by atoms with Crippen molar-refractivity contribution in [3.05, 3.63) is 29.8 Å². The van der Waals surface area contributed by atoms with Crippen LogP contribution in [0.4, 0.5) is 5.69 Å². The molecule has 5 heterocycles. The summed E-state index contributed by atoms with van der Waals surface area (Å²) in [7, 11) is 2.14. The van der Waals surface area contributed by atoms with Crippen LogP contribution in [0, 0.1) is 17.8 Å². The number of anilines is 1. The molecule has 1 aromatic carbocycles. The van der Waals surface area contributed by atoms with Crippen molar-refractivity contribution in [2.45, 2.75) is 69.0 Å². The van der Waals surface area contributed by atoms with E-state index in [0.29, 0.717) is 17.0 Å². The maximum atomic E-state index is 12.8. The van der Waals surface area contributed by atoms with Gasteiger partial charge in [0, 0.05) is 37.4 Å². The Kier molecular flexibility index (Phi) is 3.81. The SMILES string of the molecule is CCOC(=O)C[N+]12C3C[C@H](C4C(O)C5(C[C@@H]41)c1ccccc1N(C)[C@@H]35)[C@H](CC)[C@H]2O. The minimum absolute atomic E-state index is 0.0954. The van der Waals surface area contributed by atoms with Gasteiger partial charge in [-0.3, -0.25) is 4.48 Å². The van der Waals surface area contributed by atoms with E-state index in [2.05, 4.69) is 43.1 Å². The number of hydrogen-bond donors (Lipinski definition) is 2. The van der Waals surface area contributed by atoms with E-state index in [1.165, 1.54) is 11.3 Å². The van der Waals surface area contributed by atoms with Gasteiger partial charge in [0.05, 0.1) is 30.2 Å². The summed E-state index contributed by atoms with van der Waals surface area (Å²) in [5.74, 6) is 0.361. The van der Waals surface area contributed by atoms with Crippen LogP contribution in [0.15, 0.2) is 24.3 Å². The second-order valence-electron chi connectivity index (χ2n) is 10.3. The highest BCUT2D eigenvalue weighted by molar-refractivity contribution is 5.71. The standard InChI is InChI=1S/C24H33N2O4/c1-4-13-14-10-17-21-24(15-8-6-7-9-16(15)25(21)3)11-18(20(14)22(24)28)26(17,23(13)29)12-19(27)30-5-2/h6-9,13-14,17-18,20-23,28-29H,4-5,10-12H2,1-3H3/q+1/t13-,14-,17?,18-,20?,21-,22?,23+,24?,26?/m0/s1. The molecule has 5 fully saturated rings. The molecular formula is C24H33N2O4+. The van der Waals surface area contributed by atoms with Crippen molar-refractivity contribution in [2.24, 2.45) is 17.8 Å². The molecular weight excluding hydrogens is 380 g/mol. The van der Waals surface area contributed by atoms with Crippen LogP contribution in [0.3, 0.4) is 0 Å². The average molecular weight is 414 g/mol. The van der Waals surface area contributed by atoms with Gasteiger partial charge in [0.1, 0.15) is 6.04 Å². The van der Waals surface area contributed by atoms with Crippen molar-refractivity contribution < 1.29 is 24.2 Å². The molecule has 0 radical (unpaired) electrons. The van der Waals surface area contributed by atoms with E-state index < -0.39 is 12.3 Å². The van der Waals surface area contributed by atoms with Crippen LogP contribution < -0.4 is 4.90 Å². The molecule has 1 aliphatic carbocycles. The van der Waals surface area contributed by atoms with Crippen LogP contribution in [0.1, 0.15) is 38.7 Å². The maximum absolute atomic E-state index is 12.8. The Bertz CT molecular complexity index is 907. The van der Waals surface area contributed by atoms with E-state index in [1.807, 2.05) is 6.92 Å². The van der Waals surface area contributed by atoms with Gasteiger partial charge < -0.3 is 19.8 Å². The minimum Gasteiger partial charge on any atom is -0.462 e. The van der Waals surface area contributed by atoms with Crippen LogP contribution in [0.25, 0.3) is 0 Å². The monoisotopic (exact) mass is 413 g/mol. The average Bonchev–Trinajstić information content (AvgIpc) is 3.11. The third-order valence-electron chi connectivity index (χ3n) is 9.83. The summed E-state index contributed by atoms with van der Waals surface area (Å²) in [6.07, 6.45) is 1.69. The molecule has 0 amide bonds. The predicted octanol–water partition coefficient (Wildman–Crippen LogP) is 1.63. The molecule has 10 atom stereocenters. The molecule has 7 rings (SSSR count). The number of aliphatic hydroxyl groups is 2. The first kappa shape index (κ1) is 19.1. The van der Waals surface area contributed by atoms with E-state index in [4.69, 9.17) is 4.74 Å². The number of carbonyl (C=O) groups excluding carboxylic acids is 1. The highest BCUT2D eigenvalue weighted by Crippen LogP contribution is 2.71. The summed E-state index contributed by atoms with van der Waals surface area (Å²) in [4.78, 5) is 15.2. The zero-order valence-corrected chi connectivity index (χ0v) is 18.1. The molecule has 1 aromatic rings. The van der Waals surface area contributed by atoms with Crippen molar-refractivity contribution >= 4 is 11.7 Å². The van der Waals surface area contributed by atoms with E-state index in [1.54, 1.807) is 0 Å². The number of fused-ring (bicyclic) bond motifs is 2. The quantitative estimate of drug-likeness (QED) is 0.580. The Hall–Kier alpha value is -1.63. The second kappa shape index (κ2) is 5.99. The molecule has 30 heavy (non-hydrogen) atoms. The number of rotatable bonds is 4. The van der Waals surface area contributed by atoms with Gasteiger partial charge in [-0.25, -0.2) is 4.79 Å². The number of benzene rings is 1. The second-order valence-corrected chi connectivity index (χ2v) is 10.3. The van der Waals surface area contributed by atoms with Crippen LogP contribution in [0.5, 0.6) is 0 Å². The first-order chi connectivity index (χ1) is 14.4. The first-order valence-electron chi connectivity index (χ1n) is 11.6.